The Hall–Kier alpha value is -0.630. The van der Waals surface area contributed by atoms with Crippen LogP contribution >= 0.6 is 11.8 Å². The first-order chi connectivity index (χ1) is 11.4. The Morgan fingerprint density at radius 3 is 2.54 bits per heavy atom. The molecule has 2 N–H and O–H groups in total. The average molecular weight is 369 g/mol. The van der Waals surface area contributed by atoms with Crippen LogP contribution in [-0.2, 0) is 0 Å². The Morgan fingerprint density at radius 1 is 1.25 bits per heavy atom. The normalized spacial score (nSPS) is 18.0. The van der Waals surface area contributed by atoms with E-state index in [0.29, 0.717) is 19.0 Å². The predicted molar refractivity (Wildman–Crippen MR) is 96.8 cm³/mol. The molecule has 0 unspecified atom stereocenters. The molecule has 0 aromatic carbocycles. The number of nitrogens with zero attached hydrogens (tertiary/aromatic N) is 2. The highest BCUT2D eigenvalue weighted by Gasteiger charge is 2.32. The average Bonchev–Trinajstić information content (AvgIpc) is 2.52. The van der Waals surface area contributed by atoms with E-state index in [1.54, 1.807) is 0 Å². The first-order valence-corrected chi connectivity index (χ1v) is 10.1. The summed E-state index contributed by atoms with van der Waals surface area (Å²) in [6.07, 6.45) is 1.75. The zero-order valence-electron chi connectivity index (χ0n) is 14.8. The molecule has 0 aromatic rings. The fourth-order valence-corrected chi connectivity index (χ4v) is 3.24. The van der Waals surface area contributed by atoms with Crippen LogP contribution < -0.4 is 10.6 Å². The van der Waals surface area contributed by atoms with Crippen LogP contribution in [0.1, 0.15) is 32.6 Å². The van der Waals surface area contributed by atoms with Crippen molar-refractivity contribution in [2.75, 3.05) is 51.3 Å². The molecule has 1 aliphatic heterocycles. The first-order valence-electron chi connectivity index (χ1n) is 8.74. The van der Waals surface area contributed by atoms with Crippen LogP contribution in [0.4, 0.5) is 13.2 Å². The lowest BCUT2D eigenvalue weighted by molar-refractivity contribution is -0.148. The topological polar surface area (TPSA) is 39.7 Å². The molecule has 0 aromatic heterocycles. The van der Waals surface area contributed by atoms with Crippen molar-refractivity contribution in [1.29, 1.82) is 0 Å². The van der Waals surface area contributed by atoms with Gasteiger partial charge in [-0.05, 0) is 63.6 Å². The van der Waals surface area contributed by atoms with Gasteiger partial charge in [0.2, 0.25) is 0 Å². The second-order valence-electron chi connectivity index (χ2n) is 6.16. The molecule has 24 heavy (non-hydrogen) atoms. The molecule has 0 saturated carbocycles. The third kappa shape index (κ3) is 10.3. The number of nitrogens with one attached hydrogen (secondary N) is 2. The maximum atomic E-state index is 12.4. The number of likely N-dealkylation sites (tertiary alicyclic amines) is 1. The van der Waals surface area contributed by atoms with E-state index in [1.807, 2.05) is 18.7 Å². The van der Waals surface area contributed by atoms with Crippen LogP contribution in [0.25, 0.3) is 0 Å². The summed E-state index contributed by atoms with van der Waals surface area (Å²) in [6, 6.07) is 0. The van der Waals surface area contributed by atoms with Crippen molar-refractivity contribution in [3.8, 4) is 0 Å². The molecule has 0 spiro atoms. The summed E-state index contributed by atoms with van der Waals surface area (Å²) in [5, 5.41) is 6.56. The fraction of sp³-hybridized carbons (Fsp3) is 0.938. The van der Waals surface area contributed by atoms with Crippen molar-refractivity contribution in [2.45, 2.75) is 38.8 Å². The molecule has 1 fully saturated rings. The van der Waals surface area contributed by atoms with Crippen LogP contribution in [0.3, 0.4) is 0 Å². The standard InChI is InChI=1S/C16H31F3N4S/c1-3-20-15(21-8-4-12-24-2)22-9-5-14-6-10-23(11-7-14)13-16(17,18)19/h14H,3-13H2,1-2H3,(H2,20,21,22). The van der Waals surface area contributed by atoms with E-state index in [2.05, 4.69) is 21.9 Å². The summed E-state index contributed by atoms with van der Waals surface area (Å²) in [5.41, 5.74) is 0. The highest BCUT2D eigenvalue weighted by molar-refractivity contribution is 7.98. The number of alkyl halides is 3. The number of piperidine rings is 1. The van der Waals surface area contributed by atoms with Gasteiger partial charge in [0.1, 0.15) is 0 Å². The minimum Gasteiger partial charge on any atom is -0.357 e. The van der Waals surface area contributed by atoms with Crippen molar-refractivity contribution in [2.24, 2.45) is 10.9 Å². The molecule has 0 radical (unpaired) electrons. The van der Waals surface area contributed by atoms with Gasteiger partial charge in [-0.15, -0.1) is 0 Å². The first kappa shape index (κ1) is 21.4. The predicted octanol–water partition coefficient (Wildman–Crippen LogP) is 2.96. The fourth-order valence-electron chi connectivity index (χ4n) is 2.82. The third-order valence-corrected chi connectivity index (χ3v) is 4.77. The number of guanidine groups is 1. The Bertz CT molecular complexity index is 356. The van der Waals surface area contributed by atoms with Crippen molar-refractivity contribution < 1.29 is 13.2 Å². The van der Waals surface area contributed by atoms with Crippen LogP contribution in [0.15, 0.2) is 4.99 Å². The van der Waals surface area contributed by atoms with Gasteiger partial charge in [-0.2, -0.15) is 24.9 Å². The molecular formula is C16H31F3N4S. The summed E-state index contributed by atoms with van der Waals surface area (Å²) in [5.74, 6) is 2.45. The largest absolute Gasteiger partial charge is 0.401 e. The van der Waals surface area contributed by atoms with E-state index in [0.717, 1.165) is 57.0 Å². The number of rotatable bonds is 9. The number of hydrogen-bond donors (Lipinski definition) is 2. The molecule has 1 saturated heterocycles. The maximum Gasteiger partial charge on any atom is 0.401 e. The zero-order valence-corrected chi connectivity index (χ0v) is 15.6. The van der Waals surface area contributed by atoms with Gasteiger partial charge in [-0.1, -0.05) is 0 Å². The van der Waals surface area contributed by atoms with E-state index in [1.165, 1.54) is 4.90 Å². The Morgan fingerprint density at radius 2 is 1.96 bits per heavy atom. The lowest BCUT2D eigenvalue weighted by atomic mass is 9.93. The van der Waals surface area contributed by atoms with Crippen molar-refractivity contribution in [3.05, 3.63) is 0 Å². The van der Waals surface area contributed by atoms with Crippen molar-refractivity contribution in [1.82, 2.24) is 15.5 Å². The van der Waals surface area contributed by atoms with E-state index in [9.17, 15) is 13.2 Å². The molecule has 142 valence electrons. The van der Waals surface area contributed by atoms with Gasteiger partial charge in [0.15, 0.2) is 5.96 Å². The van der Waals surface area contributed by atoms with Gasteiger partial charge >= 0.3 is 6.18 Å². The van der Waals surface area contributed by atoms with Crippen molar-refractivity contribution in [3.63, 3.8) is 0 Å². The smallest absolute Gasteiger partial charge is 0.357 e. The van der Waals surface area contributed by atoms with Gasteiger partial charge in [0, 0.05) is 19.6 Å². The monoisotopic (exact) mass is 368 g/mol. The number of halogens is 3. The number of thioether (sulfide) groups is 1. The molecule has 0 atom stereocenters. The Labute approximate surface area is 148 Å². The van der Waals surface area contributed by atoms with Crippen LogP contribution in [0, 0.1) is 5.92 Å². The van der Waals surface area contributed by atoms with Gasteiger partial charge in [0.25, 0.3) is 0 Å². The second-order valence-corrected chi connectivity index (χ2v) is 7.14. The SMILES string of the molecule is CCNC(=NCCCSC)NCCC1CCN(CC(F)(F)F)CC1. The molecule has 1 heterocycles. The Kier molecular flexibility index (Phi) is 10.6. The number of aliphatic imine (C=N–C) groups is 1. The van der Waals surface area contributed by atoms with E-state index < -0.39 is 12.7 Å². The molecule has 1 rings (SSSR count). The highest BCUT2D eigenvalue weighted by atomic mass is 32.2. The zero-order chi connectivity index (χ0) is 17.8. The molecule has 4 nitrogen and oxygen atoms in total. The third-order valence-electron chi connectivity index (χ3n) is 4.08. The summed E-state index contributed by atoms with van der Waals surface area (Å²) < 4.78 is 37.1. The summed E-state index contributed by atoms with van der Waals surface area (Å²) in [4.78, 5) is 6.05. The molecule has 1 aliphatic rings. The lowest BCUT2D eigenvalue weighted by Gasteiger charge is -2.32. The molecule has 0 amide bonds. The highest BCUT2D eigenvalue weighted by Crippen LogP contribution is 2.23. The molecule has 0 bridgehead atoms. The van der Waals surface area contributed by atoms with Gasteiger partial charge in [-0.3, -0.25) is 9.89 Å². The van der Waals surface area contributed by atoms with Gasteiger partial charge < -0.3 is 10.6 Å². The minimum atomic E-state index is -4.08. The van der Waals surface area contributed by atoms with E-state index in [-0.39, 0.29) is 0 Å². The Balaban J connectivity index is 2.21. The molecule has 0 aliphatic carbocycles. The number of hydrogen-bond acceptors (Lipinski definition) is 3. The molecule has 8 heteroatoms. The molecular weight excluding hydrogens is 337 g/mol. The van der Waals surface area contributed by atoms with Crippen LogP contribution in [-0.4, -0.2) is 68.3 Å². The second kappa shape index (κ2) is 11.8. The minimum absolute atomic E-state index is 0.501. The summed E-state index contributed by atoms with van der Waals surface area (Å²) in [7, 11) is 0. The van der Waals surface area contributed by atoms with E-state index >= 15 is 0 Å². The summed E-state index contributed by atoms with van der Waals surface area (Å²) in [6.45, 7) is 4.81. The quantitative estimate of drug-likeness (QED) is 0.373. The van der Waals surface area contributed by atoms with Crippen LogP contribution in [0.2, 0.25) is 0 Å². The van der Waals surface area contributed by atoms with Gasteiger partial charge in [0.05, 0.1) is 6.54 Å². The lowest BCUT2D eigenvalue weighted by Crippen LogP contribution is -2.41. The van der Waals surface area contributed by atoms with E-state index in [4.69, 9.17) is 0 Å². The van der Waals surface area contributed by atoms with Gasteiger partial charge in [-0.25, -0.2) is 0 Å². The van der Waals surface area contributed by atoms with Crippen molar-refractivity contribution >= 4 is 17.7 Å². The maximum absolute atomic E-state index is 12.4. The summed E-state index contributed by atoms with van der Waals surface area (Å²) >= 11 is 1.82. The van der Waals surface area contributed by atoms with Crippen LogP contribution in [0.5, 0.6) is 0 Å².